The van der Waals surface area contributed by atoms with Crippen LogP contribution >= 0.6 is 11.3 Å². The Morgan fingerprint density at radius 3 is 2.56 bits per heavy atom. The SMILES string of the molecule is CCOC(=O)C1=C(C)N=c2s/c(=C\c3cc([N+](=O)[O-])ccc3N(C)C)c(=O)n2[C@@H]1c1ccc(OC(C)C)c(OC)c1. The van der Waals surface area contributed by atoms with Crippen molar-refractivity contribution in [3.8, 4) is 11.5 Å². The first-order valence-corrected chi connectivity index (χ1v) is 13.8. The fourth-order valence-corrected chi connectivity index (χ4v) is 5.67. The molecular formula is C29H32N4O7S. The van der Waals surface area contributed by atoms with E-state index in [-0.39, 0.29) is 24.0 Å². The van der Waals surface area contributed by atoms with Crippen LogP contribution in [0.15, 0.2) is 57.5 Å². The zero-order valence-electron chi connectivity index (χ0n) is 24.0. The number of benzene rings is 2. The second-order valence-corrected chi connectivity index (χ2v) is 10.8. The van der Waals surface area contributed by atoms with Crippen molar-refractivity contribution in [2.75, 3.05) is 32.7 Å². The van der Waals surface area contributed by atoms with Crippen LogP contribution in [0, 0.1) is 10.1 Å². The number of methoxy groups -OCH3 is 1. The summed E-state index contributed by atoms with van der Waals surface area (Å²) >= 11 is 1.14. The van der Waals surface area contributed by atoms with E-state index in [1.54, 1.807) is 44.2 Å². The maximum absolute atomic E-state index is 14.0. The van der Waals surface area contributed by atoms with Crippen LogP contribution in [0.25, 0.3) is 6.08 Å². The van der Waals surface area contributed by atoms with Crippen LogP contribution in [0.3, 0.4) is 0 Å². The van der Waals surface area contributed by atoms with Crippen molar-refractivity contribution in [3.63, 3.8) is 0 Å². The van der Waals surface area contributed by atoms with Gasteiger partial charge in [-0.3, -0.25) is 19.5 Å². The Balaban J connectivity index is 1.98. The topological polar surface area (TPSA) is 126 Å². The number of rotatable bonds is 9. The number of nitro benzene ring substituents is 1. The number of nitro groups is 1. The lowest BCUT2D eigenvalue weighted by Crippen LogP contribution is -2.40. The van der Waals surface area contributed by atoms with Crippen LogP contribution in [0.1, 0.15) is 44.9 Å². The summed E-state index contributed by atoms with van der Waals surface area (Å²) in [6.07, 6.45) is 1.53. The van der Waals surface area contributed by atoms with Gasteiger partial charge in [-0.2, -0.15) is 0 Å². The van der Waals surface area contributed by atoms with Gasteiger partial charge >= 0.3 is 5.97 Å². The van der Waals surface area contributed by atoms with Crippen molar-refractivity contribution in [1.29, 1.82) is 0 Å². The average molecular weight is 581 g/mol. The van der Waals surface area contributed by atoms with Gasteiger partial charge in [0.2, 0.25) is 0 Å². The van der Waals surface area contributed by atoms with Crippen LogP contribution in [0.4, 0.5) is 11.4 Å². The van der Waals surface area contributed by atoms with Crippen molar-refractivity contribution in [1.82, 2.24) is 4.57 Å². The molecule has 41 heavy (non-hydrogen) atoms. The van der Waals surface area contributed by atoms with Crippen molar-refractivity contribution in [2.45, 2.75) is 39.8 Å². The fourth-order valence-electron chi connectivity index (χ4n) is 4.63. The minimum Gasteiger partial charge on any atom is -0.493 e. The molecule has 0 N–H and O–H groups in total. The zero-order valence-corrected chi connectivity index (χ0v) is 24.8. The third-order valence-electron chi connectivity index (χ3n) is 6.37. The number of fused-ring (bicyclic) bond motifs is 1. The molecule has 0 saturated heterocycles. The minimum atomic E-state index is -0.854. The number of ether oxygens (including phenoxy) is 3. The van der Waals surface area contributed by atoms with Gasteiger partial charge < -0.3 is 19.1 Å². The molecule has 1 aromatic heterocycles. The van der Waals surface area contributed by atoms with E-state index in [1.807, 2.05) is 32.8 Å². The summed E-state index contributed by atoms with van der Waals surface area (Å²) in [5.74, 6) is 0.394. The number of esters is 1. The molecule has 1 aliphatic heterocycles. The molecule has 1 atom stereocenters. The van der Waals surface area contributed by atoms with Crippen molar-refractivity contribution in [3.05, 3.63) is 88.6 Å². The summed E-state index contributed by atoms with van der Waals surface area (Å²) in [6, 6.07) is 8.90. The number of carbonyl (C=O) groups is 1. The molecule has 0 fully saturated rings. The maximum atomic E-state index is 14.0. The molecular weight excluding hydrogens is 548 g/mol. The highest BCUT2D eigenvalue weighted by Crippen LogP contribution is 2.36. The van der Waals surface area contributed by atoms with Crippen molar-refractivity contribution >= 4 is 34.8 Å². The second-order valence-electron chi connectivity index (χ2n) is 9.77. The first-order chi connectivity index (χ1) is 19.5. The Morgan fingerprint density at radius 1 is 1.22 bits per heavy atom. The average Bonchev–Trinajstić information content (AvgIpc) is 3.21. The molecule has 0 radical (unpaired) electrons. The summed E-state index contributed by atoms with van der Waals surface area (Å²) in [6.45, 7) is 7.37. The van der Waals surface area contributed by atoms with Crippen LogP contribution in [-0.4, -0.2) is 49.4 Å². The first kappa shape index (κ1) is 29.5. The van der Waals surface area contributed by atoms with E-state index in [2.05, 4.69) is 4.99 Å². The number of carbonyl (C=O) groups excluding carboxylic acids is 1. The molecule has 216 valence electrons. The number of aromatic nitrogens is 1. The van der Waals surface area contributed by atoms with Gasteiger partial charge in [-0.05, 0) is 57.5 Å². The summed E-state index contributed by atoms with van der Waals surface area (Å²) in [5, 5.41) is 11.5. The van der Waals surface area contributed by atoms with Gasteiger partial charge in [0, 0.05) is 37.5 Å². The molecule has 0 aliphatic carbocycles. The Hall–Kier alpha value is -4.45. The summed E-state index contributed by atoms with van der Waals surface area (Å²) in [5.41, 5.74) is 1.97. The van der Waals surface area contributed by atoms with Crippen LogP contribution < -0.4 is 29.3 Å². The van der Waals surface area contributed by atoms with Gasteiger partial charge in [-0.15, -0.1) is 0 Å². The second kappa shape index (κ2) is 12.0. The van der Waals surface area contributed by atoms with E-state index in [1.165, 1.54) is 23.8 Å². The molecule has 3 aromatic rings. The highest BCUT2D eigenvalue weighted by Gasteiger charge is 2.34. The number of thiazole rings is 1. The molecule has 2 aromatic carbocycles. The fraction of sp³-hybridized carbons (Fsp3) is 0.345. The lowest BCUT2D eigenvalue weighted by atomic mass is 9.95. The Kier molecular flexibility index (Phi) is 8.62. The lowest BCUT2D eigenvalue weighted by molar-refractivity contribution is -0.384. The largest absolute Gasteiger partial charge is 0.493 e. The van der Waals surface area contributed by atoms with Gasteiger partial charge in [0.15, 0.2) is 16.3 Å². The zero-order chi connectivity index (χ0) is 30.0. The van der Waals surface area contributed by atoms with Gasteiger partial charge in [-0.1, -0.05) is 17.4 Å². The predicted molar refractivity (Wildman–Crippen MR) is 157 cm³/mol. The molecule has 1 aliphatic rings. The molecule has 0 spiro atoms. The quantitative estimate of drug-likeness (QED) is 0.214. The molecule has 0 bridgehead atoms. The van der Waals surface area contributed by atoms with Crippen molar-refractivity contribution in [2.24, 2.45) is 4.99 Å². The highest BCUT2D eigenvalue weighted by atomic mass is 32.1. The van der Waals surface area contributed by atoms with E-state index >= 15 is 0 Å². The Labute approximate surface area is 240 Å². The minimum absolute atomic E-state index is 0.0921. The Morgan fingerprint density at radius 2 is 1.95 bits per heavy atom. The number of hydrogen-bond donors (Lipinski definition) is 0. The van der Waals surface area contributed by atoms with Gasteiger partial charge in [0.05, 0.1) is 46.6 Å². The molecule has 0 amide bonds. The van der Waals surface area contributed by atoms with E-state index in [4.69, 9.17) is 14.2 Å². The maximum Gasteiger partial charge on any atom is 0.338 e. The van der Waals surface area contributed by atoms with E-state index in [0.29, 0.717) is 43.3 Å². The van der Waals surface area contributed by atoms with Gasteiger partial charge in [0.1, 0.15) is 0 Å². The molecule has 0 saturated carbocycles. The standard InChI is InChI=1S/C29H32N4O7S/c1-8-39-28(35)25-17(4)30-29-32(26(25)18-9-12-22(40-16(2)3)23(14-18)38-7)27(34)24(41-29)15-19-13-20(33(36)37)10-11-21(19)31(5)6/h9-16,26H,8H2,1-7H3/b24-15-/t26-/m1/s1. The number of anilines is 1. The number of nitrogens with zero attached hydrogens (tertiary/aromatic N) is 4. The number of non-ortho nitro benzene ring substituents is 1. The van der Waals surface area contributed by atoms with Crippen LogP contribution in [-0.2, 0) is 9.53 Å². The summed E-state index contributed by atoms with van der Waals surface area (Å²) in [7, 11) is 5.15. The monoisotopic (exact) mass is 580 g/mol. The molecule has 0 unspecified atom stereocenters. The summed E-state index contributed by atoms with van der Waals surface area (Å²) in [4.78, 5) is 45.0. The Bertz CT molecular complexity index is 1720. The smallest absolute Gasteiger partial charge is 0.338 e. The van der Waals surface area contributed by atoms with E-state index in [0.717, 1.165) is 11.3 Å². The predicted octanol–water partition coefficient (Wildman–Crippen LogP) is 3.57. The van der Waals surface area contributed by atoms with E-state index in [9.17, 15) is 19.7 Å². The van der Waals surface area contributed by atoms with Gasteiger partial charge in [0.25, 0.3) is 11.2 Å². The van der Waals surface area contributed by atoms with Crippen LogP contribution in [0.2, 0.25) is 0 Å². The molecule has 11 nitrogen and oxygen atoms in total. The lowest BCUT2D eigenvalue weighted by Gasteiger charge is -2.25. The third-order valence-corrected chi connectivity index (χ3v) is 7.36. The normalized spacial score (nSPS) is 14.9. The number of allylic oxidation sites excluding steroid dienone is 1. The third kappa shape index (κ3) is 5.87. The van der Waals surface area contributed by atoms with Crippen LogP contribution in [0.5, 0.6) is 11.5 Å². The van der Waals surface area contributed by atoms with Gasteiger partial charge in [-0.25, -0.2) is 9.79 Å². The van der Waals surface area contributed by atoms with Crippen molar-refractivity contribution < 1.29 is 23.9 Å². The first-order valence-electron chi connectivity index (χ1n) is 13.0. The summed E-state index contributed by atoms with van der Waals surface area (Å²) < 4.78 is 18.6. The van der Waals surface area contributed by atoms with E-state index < -0.39 is 22.5 Å². The molecule has 4 rings (SSSR count). The molecule has 2 heterocycles. The highest BCUT2D eigenvalue weighted by molar-refractivity contribution is 7.07. The molecule has 12 heteroatoms. The number of hydrogen-bond acceptors (Lipinski definition) is 10.